The van der Waals surface area contributed by atoms with E-state index < -0.39 is 17.1 Å². The van der Waals surface area contributed by atoms with Crippen LogP contribution in [0.1, 0.15) is 26.3 Å². The van der Waals surface area contributed by atoms with Crippen LogP contribution in [0.4, 0.5) is 0 Å². The summed E-state index contributed by atoms with van der Waals surface area (Å²) in [6.07, 6.45) is 0. The van der Waals surface area contributed by atoms with Crippen molar-refractivity contribution in [3.05, 3.63) is 54.1 Å². The molecule has 130 valence electrons. The molecular weight excluding hydrogens is 334 g/mol. The molecule has 1 aromatic heterocycles. The van der Waals surface area contributed by atoms with Crippen molar-refractivity contribution in [2.75, 3.05) is 5.75 Å². The number of hydrogen-bond donors (Lipinski definition) is 2. The Morgan fingerprint density at radius 1 is 1.16 bits per heavy atom. The van der Waals surface area contributed by atoms with Crippen molar-refractivity contribution in [1.82, 2.24) is 4.98 Å². The lowest BCUT2D eigenvalue weighted by atomic mass is 9.86. The van der Waals surface area contributed by atoms with Gasteiger partial charge in [-0.1, -0.05) is 39.0 Å². The summed E-state index contributed by atoms with van der Waals surface area (Å²) in [5, 5.41) is 9.73. The minimum absolute atomic E-state index is 0.0723. The number of carbonyl (C=O) groups is 1. The summed E-state index contributed by atoms with van der Waals surface area (Å²) in [6.45, 7) is 6.55. The molecule has 2 N–H and O–H groups in total. The molecule has 0 aliphatic rings. The molecule has 0 saturated heterocycles. The molecule has 1 atom stereocenters. The highest BCUT2D eigenvalue weighted by Crippen LogP contribution is 2.30. The fourth-order valence-corrected chi connectivity index (χ4v) is 3.63. The van der Waals surface area contributed by atoms with Crippen molar-refractivity contribution in [2.24, 2.45) is 0 Å². The lowest BCUT2D eigenvalue weighted by molar-refractivity contribution is -0.134. The zero-order chi connectivity index (χ0) is 18.2. The Morgan fingerprint density at radius 3 is 2.60 bits per heavy atom. The first-order valence-electron chi connectivity index (χ1n) is 8.08. The van der Waals surface area contributed by atoms with E-state index in [0.29, 0.717) is 4.90 Å². The smallest absolute Gasteiger partial charge is 0.354 e. The van der Waals surface area contributed by atoms with Gasteiger partial charge >= 0.3 is 5.97 Å². The summed E-state index contributed by atoms with van der Waals surface area (Å²) >= 11 is -1.53. The van der Waals surface area contributed by atoms with Gasteiger partial charge in [-0.3, -0.25) is 0 Å². The van der Waals surface area contributed by atoms with Gasteiger partial charge in [0, 0.05) is 22.7 Å². The molecule has 0 aliphatic heterocycles. The van der Waals surface area contributed by atoms with Gasteiger partial charge in [0.2, 0.25) is 5.75 Å². The molecule has 0 fully saturated rings. The maximum Gasteiger partial charge on any atom is 0.354 e. The summed E-state index contributed by atoms with van der Waals surface area (Å²) in [4.78, 5) is 14.7. The maximum absolute atomic E-state index is 12.1. The van der Waals surface area contributed by atoms with Crippen molar-refractivity contribution in [3.8, 4) is 11.3 Å². The summed E-state index contributed by atoms with van der Waals surface area (Å²) in [5.74, 6) is -1.44. The van der Waals surface area contributed by atoms with Crippen LogP contribution in [-0.2, 0) is 21.4 Å². The average Bonchev–Trinajstić information content (AvgIpc) is 2.96. The van der Waals surface area contributed by atoms with E-state index in [1.807, 2.05) is 12.1 Å². The largest absolute Gasteiger partial charge is 0.611 e. The first-order chi connectivity index (χ1) is 11.7. The van der Waals surface area contributed by atoms with E-state index in [0.717, 1.165) is 22.2 Å². The summed E-state index contributed by atoms with van der Waals surface area (Å²) in [5.41, 5.74) is 4.35. The summed E-state index contributed by atoms with van der Waals surface area (Å²) in [6, 6.07) is 15.8. The van der Waals surface area contributed by atoms with E-state index in [1.165, 1.54) is 5.56 Å². The molecule has 0 spiro atoms. The minimum Gasteiger partial charge on any atom is -0.611 e. The van der Waals surface area contributed by atoms with Crippen molar-refractivity contribution in [2.45, 2.75) is 31.1 Å². The number of H-pyrrole nitrogens is 1. The van der Waals surface area contributed by atoms with Gasteiger partial charge in [-0.05, 0) is 52.0 Å². The number of aliphatic carboxylic acids is 1. The molecule has 0 saturated carbocycles. The molecule has 1 unspecified atom stereocenters. The first kappa shape index (κ1) is 17.6. The number of aromatic nitrogens is 1. The Hall–Kier alpha value is -2.24. The average molecular weight is 355 g/mol. The lowest BCUT2D eigenvalue weighted by Crippen LogP contribution is -2.15. The molecule has 5 heteroatoms. The van der Waals surface area contributed by atoms with Crippen LogP contribution in [0.25, 0.3) is 22.2 Å². The third-order valence-corrected chi connectivity index (χ3v) is 5.44. The molecular formula is C20H21NO3S. The van der Waals surface area contributed by atoms with Crippen molar-refractivity contribution in [1.29, 1.82) is 0 Å². The highest BCUT2D eigenvalue weighted by Gasteiger charge is 2.17. The number of nitrogens with one attached hydrogen (secondary N) is 1. The van der Waals surface area contributed by atoms with E-state index in [2.05, 4.69) is 50.0 Å². The van der Waals surface area contributed by atoms with Crippen LogP contribution in [0.5, 0.6) is 0 Å². The highest BCUT2D eigenvalue weighted by atomic mass is 32.2. The van der Waals surface area contributed by atoms with Gasteiger partial charge in [-0.15, -0.1) is 0 Å². The quantitative estimate of drug-likeness (QED) is 0.684. The minimum atomic E-state index is -1.53. The molecule has 0 aliphatic carbocycles. The van der Waals surface area contributed by atoms with Gasteiger partial charge in [0.1, 0.15) is 0 Å². The van der Waals surface area contributed by atoms with Gasteiger partial charge in [0.15, 0.2) is 4.90 Å². The van der Waals surface area contributed by atoms with Crippen LogP contribution in [-0.4, -0.2) is 26.4 Å². The van der Waals surface area contributed by atoms with E-state index in [1.54, 1.807) is 12.1 Å². The molecule has 0 amide bonds. The first-order valence-corrected chi connectivity index (χ1v) is 9.40. The standard InChI is InChI=1S/C20H21NO3S/c1-20(2,3)15-6-4-5-13(9-15)18-11-14-10-16(7-8-17(14)21-18)25(24)12-19(22)23/h4-11,21H,12H2,1-3H3,(H,22,23). The fraction of sp³-hybridized carbons (Fsp3) is 0.250. The van der Waals surface area contributed by atoms with Crippen molar-refractivity contribution < 1.29 is 14.5 Å². The summed E-state index contributed by atoms with van der Waals surface area (Å²) < 4.78 is 12.1. The lowest BCUT2D eigenvalue weighted by Gasteiger charge is -2.19. The van der Waals surface area contributed by atoms with Crippen LogP contribution in [0.2, 0.25) is 0 Å². The molecule has 1 heterocycles. The van der Waals surface area contributed by atoms with E-state index in [-0.39, 0.29) is 11.2 Å². The number of benzene rings is 2. The topological polar surface area (TPSA) is 76.2 Å². The van der Waals surface area contributed by atoms with Crippen molar-refractivity contribution >= 4 is 28.0 Å². The number of carboxylic acid groups (broad SMARTS) is 1. The fourth-order valence-electron chi connectivity index (χ4n) is 2.76. The van der Waals surface area contributed by atoms with E-state index in [9.17, 15) is 9.35 Å². The molecule has 0 bridgehead atoms. The van der Waals surface area contributed by atoms with Crippen molar-refractivity contribution in [3.63, 3.8) is 0 Å². The Bertz CT molecular complexity index is 924. The number of aromatic amines is 1. The predicted octanol–water partition coefficient (Wildman–Crippen LogP) is 4.32. The van der Waals surface area contributed by atoms with Gasteiger partial charge in [0.05, 0.1) is 0 Å². The normalized spacial score (nSPS) is 13.1. The predicted molar refractivity (Wildman–Crippen MR) is 101 cm³/mol. The Labute approximate surface area is 150 Å². The molecule has 0 radical (unpaired) electrons. The monoisotopic (exact) mass is 355 g/mol. The second kappa shape index (κ2) is 6.58. The van der Waals surface area contributed by atoms with Gasteiger partial charge < -0.3 is 14.6 Å². The molecule has 25 heavy (non-hydrogen) atoms. The van der Waals surface area contributed by atoms with Crippen LogP contribution in [0.15, 0.2) is 53.4 Å². The SMILES string of the molecule is CC(C)(C)c1cccc(-c2cc3cc([S+]([O-])CC(=O)O)ccc3[nH]2)c1. The van der Waals surface area contributed by atoms with Crippen LogP contribution < -0.4 is 0 Å². The molecule has 4 nitrogen and oxygen atoms in total. The maximum atomic E-state index is 12.1. The second-order valence-electron chi connectivity index (χ2n) is 7.15. The number of fused-ring (bicyclic) bond motifs is 1. The third kappa shape index (κ3) is 3.89. The number of carboxylic acids is 1. The molecule has 3 aromatic rings. The molecule has 2 aromatic carbocycles. The van der Waals surface area contributed by atoms with Gasteiger partial charge in [-0.25, -0.2) is 4.79 Å². The van der Waals surface area contributed by atoms with Crippen LogP contribution >= 0.6 is 0 Å². The Kier molecular flexibility index (Phi) is 4.62. The van der Waals surface area contributed by atoms with Gasteiger partial charge in [-0.2, -0.15) is 0 Å². The van der Waals surface area contributed by atoms with Crippen LogP contribution in [0.3, 0.4) is 0 Å². The number of rotatable bonds is 4. The van der Waals surface area contributed by atoms with E-state index in [4.69, 9.17) is 5.11 Å². The number of hydrogen-bond acceptors (Lipinski definition) is 2. The highest BCUT2D eigenvalue weighted by molar-refractivity contribution is 7.92. The summed E-state index contributed by atoms with van der Waals surface area (Å²) in [7, 11) is 0. The molecule has 3 rings (SSSR count). The van der Waals surface area contributed by atoms with Gasteiger partial charge in [0.25, 0.3) is 0 Å². The zero-order valence-electron chi connectivity index (χ0n) is 14.5. The van der Waals surface area contributed by atoms with E-state index >= 15 is 0 Å². The Morgan fingerprint density at radius 2 is 1.92 bits per heavy atom. The zero-order valence-corrected chi connectivity index (χ0v) is 15.3. The van der Waals surface area contributed by atoms with Crippen LogP contribution in [0, 0.1) is 0 Å². The Balaban J connectivity index is 1.98. The second-order valence-corrected chi connectivity index (χ2v) is 8.60. The third-order valence-electron chi connectivity index (χ3n) is 4.15.